The highest BCUT2D eigenvalue weighted by Crippen LogP contribution is 2.24. The summed E-state index contributed by atoms with van der Waals surface area (Å²) in [6.07, 6.45) is 1.13. The maximum absolute atomic E-state index is 12.4. The molecule has 0 fully saturated rings. The number of aryl methyl sites for hydroxylation is 2. The molecule has 114 valence electrons. The van der Waals surface area contributed by atoms with E-state index in [1.165, 1.54) is 11.3 Å². The Bertz CT molecular complexity index is 647. The van der Waals surface area contributed by atoms with Crippen molar-refractivity contribution >= 4 is 33.0 Å². The van der Waals surface area contributed by atoms with Gasteiger partial charge < -0.3 is 5.73 Å². The van der Waals surface area contributed by atoms with Gasteiger partial charge in [0.25, 0.3) is 0 Å². The molecule has 2 N–H and O–H groups in total. The molecule has 0 aliphatic heterocycles. The number of nitrogens with zero attached hydrogens (tertiary/aromatic N) is 3. The highest BCUT2D eigenvalue weighted by molar-refractivity contribution is 9.10. The molecule has 0 aromatic carbocycles. The standard InChI is InChI=1S/C14H19BrN4OS/c1-4-9-13(15)11(19(5-2)18-9)6-12(20)10-7-21-14(17-10)8(3)16/h7-8H,4-6,16H2,1-3H3. The van der Waals surface area contributed by atoms with Crippen LogP contribution in [0.25, 0.3) is 0 Å². The van der Waals surface area contributed by atoms with Crippen LogP contribution in [0.2, 0.25) is 0 Å². The van der Waals surface area contributed by atoms with Crippen molar-refractivity contribution in [3.8, 4) is 0 Å². The summed E-state index contributed by atoms with van der Waals surface area (Å²) in [5.74, 6) is -0.00361. The highest BCUT2D eigenvalue weighted by Gasteiger charge is 2.19. The molecule has 0 spiro atoms. The Kier molecular flexibility index (Phi) is 5.29. The molecule has 0 saturated carbocycles. The fourth-order valence-electron chi connectivity index (χ4n) is 2.05. The van der Waals surface area contributed by atoms with Crippen molar-refractivity contribution in [1.29, 1.82) is 0 Å². The Hall–Kier alpha value is -1.05. The number of halogens is 1. The van der Waals surface area contributed by atoms with E-state index in [-0.39, 0.29) is 11.8 Å². The zero-order valence-corrected chi connectivity index (χ0v) is 14.8. The van der Waals surface area contributed by atoms with Crippen LogP contribution in [0.15, 0.2) is 9.85 Å². The average Bonchev–Trinajstić information content (AvgIpc) is 3.05. The van der Waals surface area contributed by atoms with Gasteiger partial charge in [0.15, 0.2) is 5.78 Å². The first kappa shape index (κ1) is 16.3. The molecule has 2 rings (SSSR count). The van der Waals surface area contributed by atoms with Crippen LogP contribution in [0, 0.1) is 0 Å². The Balaban J connectivity index is 2.24. The van der Waals surface area contributed by atoms with Gasteiger partial charge in [-0.2, -0.15) is 5.10 Å². The van der Waals surface area contributed by atoms with E-state index in [1.54, 1.807) is 5.38 Å². The maximum atomic E-state index is 12.4. The van der Waals surface area contributed by atoms with Crippen LogP contribution in [0.3, 0.4) is 0 Å². The summed E-state index contributed by atoms with van der Waals surface area (Å²) in [7, 11) is 0. The van der Waals surface area contributed by atoms with Crippen molar-refractivity contribution in [1.82, 2.24) is 14.8 Å². The SMILES string of the molecule is CCc1nn(CC)c(CC(=O)c2csc(C(C)N)n2)c1Br. The summed E-state index contributed by atoms with van der Waals surface area (Å²) in [6, 6.07) is -0.142. The number of thiazole rings is 1. The first-order chi connectivity index (χ1) is 9.97. The molecule has 2 aromatic rings. The molecular weight excluding hydrogens is 352 g/mol. The first-order valence-electron chi connectivity index (χ1n) is 6.96. The lowest BCUT2D eigenvalue weighted by Crippen LogP contribution is -2.11. The van der Waals surface area contributed by atoms with Crippen molar-refractivity contribution in [2.24, 2.45) is 5.73 Å². The van der Waals surface area contributed by atoms with E-state index in [9.17, 15) is 4.79 Å². The number of carbonyl (C=O) groups excluding carboxylic acids is 1. The summed E-state index contributed by atoms with van der Waals surface area (Å²) < 4.78 is 2.81. The van der Waals surface area contributed by atoms with Gasteiger partial charge in [0.2, 0.25) is 0 Å². The van der Waals surface area contributed by atoms with E-state index >= 15 is 0 Å². The van der Waals surface area contributed by atoms with Gasteiger partial charge in [0.1, 0.15) is 10.7 Å². The fourth-order valence-corrected chi connectivity index (χ4v) is 3.54. The maximum Gasteiger partial charge on any atom is 0.188 e. The predicted molar refractivity (Wildman–Crippen MR) is 87.7 cm³/mol. The van der Waals surface area contributed by atoms with Gasteiger partial charge in [-0.3, -0.25) is 9.48 Å². The Morgan fingerprint density at radius 2 is 2.24 bits per heavy atom. The molecule has 0 aliphatic rings. The number of aromatic nitrogens is 3. The fraction of sp³-hybridized carbons (Fsp3) is 0.500. The molecule has 2 aromatic heterocycles. The molecule has 0 amide bonds. The number of rotatable bonds is 6. The molecule has 21 heavy (non-hydrogen) atoms. The summed E-state index contributed by atoms with van der Waals surface area (Å²) in [5, 5.41) is 7.07. The molecule has 5 nitrogen and oxygen atoms in total. The van der Waals surface area contributed by atoms with Crippen LogP contribution in [-0.4, -0.2) is 20.5 Å². The normalized spacial score (nSPS) is 12.6. The number of hydrogen-bond donors (Lipinski definition) is 1. The number of hydrogen-bond acceptors (Lipinski definition) is 5. The molecule has 1 unspecified atom stereocenters. The van der Waals surface area contributed by atoms with Crippen LogP contribution >= 0.6 is 27.3 Å². The monoisotopic (exact) mass is 370 g/mol. The number of carbonyl (C=O) groups is 1. The van der Waals surface area contributed by atoms with Crippen LogP contribution in [0.4, 0.5) is 0 Å². The van der Waals surface area contributed by atoms with Gasteiger partial charge >= 0.3 is 0 Å². The third-order valence-corrected chi connectivity index (χ3v) is 5.18. The largest absolute Gasteiger partial charge is 0.322 e. The number of Topliss-reactive ketones (excluding diaryl/α,β-unsaturated/α-hetero) is 1. The van der Waals surface area contributed by atoms with E-state index in [0.717, 1.165) is 33.8 Å². The molecular formula is C14H19BrN4OS. The summed E-state index contributed by atoms with van der Waals surface area (Å²) in [6.45, 7) is 6.67. The van der Waals surface area contributed by atoms with Gasteiger partial charge in [-0.25, -0.2) is 4.98 Å². The van der Waals surface area contributed by atoms with E-state index in [0.29, 0.717) is 12.1 Å². The number of ketones is 1. The minimum absolute atomic E-state index is 0.00361. The molecule has 0 radical (unpaired) electrons. The van der Waals surface area contributed by atoms with E-state index in [2.05, 4.69) is 26.0 Å². The first-order valence-corrected chi connectivity index (χ1v) is 8.63. The Morgan fingerprint density at radius 3 is 2.76 bits per heavy atom. The van der Waals surface area contributed by atoms with E-state index in [1.807, 2.05) is 25.5 Å². The average molecular weight is 371 g/mol. The molecule has 1 atom stereocenters. The zero-order valence-electron chi connectivity index (χ0n) is 12.4. The van der Waals surface area contributed by atoms with E-state index < -0.39 is 0 Å². The third-order valence-electron chi connectivity index (χ3n) is 3.22. The van der Waals surface area contributed by atoms with Crippen molar-refractivity contribution in [3.05, 3.63) is 31.9 Å². The highest BCUT2D eigenvalue weighted by atomic mass is 79.9. The Labute approximate surface area is 136 Å². The molecule has 0 bridgehead atoms. The lowest BCUT2D eigenvalue weighted by molar-refractivity contribution is 0.0986. The lowest BCUT2D eigenvalue weighted by atomic mass is 10.1. The van der Waals surface area contributed by atoms with Gasteiger partial charge in [-0.1, -0.05) is 6.92 Å². The van der Waals surface area contributed by atoms with E-state index in [4.69, 9.17) is 5.73 Å². The molecule has 7 heteroatoms. The quantitative estimate of drug-likeness (QED) is 0.792. The lowest BCUT2D eigenvalue weighted by Gasteiger charge is -2.04. The molecule has 0 saturated heterocycles. The van der Waals surface area contributed by atoms with Crippen molar-refractivity contribution in [2.45, 2.75) is 46.2 Å². The van der Waals surface area contributed by atoms with Crippen molar-refractivity contribution < 1.29 is 4.79 Å². The van der Waals surface area contributed by atoms with Gasteiger partial charge in [-0.15, -0.1) is 11.3 Å². The topological polar surface area (TPSA) is 73.8 Å². The van der Waals surface area contributed by atoms with Crippen LogP contribution < -0.4 is 5.73 Å². The molecule has 0 aliphatic carbocycles. The minimum Gasteiger partial charge on any atom is -0.322 e. The summed E-state index contributed by atoms with van der Waals surface area (Å²) in [4.78, 5) is 16.7. The summed E-state index contributed by atoms with van der Waals surface area (Å²) in [5.41, 5.74) is 8.17. The van der Waals surface area contributed by atoms with Crippen molar-refractivity contribution in [2.75, 3.05) is 0 Å². The summed E-state index contributed by atoms with van der Waals surface area (Å²) >= 11 is 4.99. The van der Waals surface area contributed by atoms with Gasteiger partial charge in [0, 0.05) is 11.9 Å². The zero-order chi connectivity index (χ0) is 15.6. The second kappa shape index (κ2) is 6.81. The predicted octanol–water partition coefficient (Wildman–Crippen LogP) is 3.13. The van der Waals surface area contributed by atoms with Crippen molar-refractivity contribution in [3.63, 3.8) is 0 Å². The minimum atomic E-state index is -0.142. The Morgan fingerprint density at radius 1 is 1.52 bits per heavy atom. The van der Waals surface area contributed by atoms with Gasteiger partial charge in [-0.05, 0) is 36.2 Å². The van der Waals surface area contributed by atoms with Crippen LogP contribution in [0.5, 0.6) is 0 Å². The second-order valence-electron chi connectivity index (χ2n) is 4.84. The smallest absolute Gasteiger partial charge is 0.188 e. The van der Waals surface area contributed by atoms with Crippen LogP contribution in [-0.2, 0) is 19.4 Å². The van der Waals surface area contributed by atoms with Crippen LogP contribution in [0.1, 0.15) is 53.7 Å². The third kappa shape index (κ3) is 3.41. The second-order valence-corrected chi connectivity index (χ2v) is 6.52. The van der Waals surface area contributed by atoms with Gasteiger partial charge in [0.05, 0.1) is 28.3 Å². The number of nitrogens with two attached hydrogens (primary N) is 1. The molecule has 2 heterocycles.